The molecule has 72 valence electrons. The van der Waals surface area contributed by atoms with Crippen molar-refractivity contribution < 1.29 is 13.5 Å². The molecule has 0 aromatic heterocycles. The molecule has 0 unspecified atom stereocenters. The molecule has 0 saturated carbocycles. The van der Waals surface area contributed by atoms with E-state index in [2.05, 4.69) is 4.74 Å². The highest BCUT2D eigenvalue weighted by Crippen LogP contribution is 2.06. The first-order valence-electron chi connectivity index (χ1n) is 3.92. The van der Waals surface area contributed by atoms with E-state index in [0.29, 0.717) is 12.1 Å². The normalized spacial score (nSPS) is 10.7. The first-order chi connectivity index (χ1) is 6.18. The van der Waals surface area contributed by atoms with Crippen LogP contribution in [0, 0.1) is 0 Å². The van der Waals surface area contributed by atoms with E-state index < -0.39 is 6.61 Å². The highest BCUT2D eigenvalue weighted by Gasteiger charge is 2.00. The van der Waals surface area contributed by atoms with Gasteiger partial charge in [0.05, 0.1) is 6.61 Å². The molecule has 0 atom stereocenters. The molecular weight excluding hydrogens is 176 g/mol. The molecule has 0 spiro atoms. The van der Waals surface area contributed by atoms with E-state index in [1.807, 2.05) is 0 Å². The summed E-state index contributed by atoms with van der Waals surface area (Å²) in [4.78, 5) is 0. The second kappa shape index (κ2) is 4.77. The predicted octanol–water partition coefficient (Wildman–Crippen LogP) is 2.05. The van der Waals surface area contributed by atoms with Gasteiger partial charge in [-0.05, 0) is 24.1 Å². The van der Waals surface area contributed by atoms with Crippen molar-refractivity contribution in [3.63, 3.8) is 0 Å². The van der Waals surface area contributed by atoms with Crippen LogP contribution in [-0.4, -0.2) is 13.2 Å². The molecule has 0 aliphatic carbocycles. The number of hydrogen-bond acceptors (Lipinski definition) is 2. The number of benzene rings is 1. The smallest absolute Gasteiger partial charge is 0.345 e. The number of hydrogen-bond donors (Lipinski definition) is 1. The molecule has 13 heavy (non-hydrogen) atoms. The Morgan fingerprint density at radius 3 is 2.38 bits per heavy atom. The minimum absolute atomic E-state index is 0.0293. The van der Waals surface area contributed by atoms with E-state index >= 15 is 0 Å². The van der Waals surface area contributed by atoms with Crippen molar-refractivity contribution >= 4 is 5.69 Å². The molecular formula is C9H11F2NO. The van der Waals surface area contributed by atoms with Crippen LogP contribution in [0.3, 0.4) is 0 Å². The first-order valence-corrected chi connectivity index (χ1v) is 3.92. The van der Waals surface area contributed by atoms with E-state index in [1.54, 1.807) is 24.3 Å². The summed E-state index contributed by atoms with van der Waals surface area (Å²) in [5, 5.41) is 0. The van der Waals surface area contributed by atoms with Crippen LogP contribution in [0.5, 0.6) is 0 Å². The lowest BCUT2D eigenvalue weighted by Crippen LogP contribution is -2.03. The van der Waals surface area contributed by atoms with Crippen molar-refractivity contribution in [3.8, 4) is 0 Å². The van der Waals surface area contributed by atoms with Gasteiger partial charge in [0, 0.05) is 5.69 Å². The summed E-state index contributed by atoms with van der Waals surface area (Å²) in [5.74, 6) is 0. The van der Waals surface area contributed by atoms with E-state index in [-0.39, 0.29) is 6.61 Å². The maximum Gasteiger partial charge on any atom is 0.345 e. The molecule has 0 amide bonds. The first kappa shape index (κ1) is 9.92. The van der Waals surface area contributed by atoms with Gasteiger partial charge in [0.2, 0.25) is 0 Å². The standard InChI is InChI=1S/C9H11F2NO/c10-9(11)13-6-5-7-1-3-8(12)4-2-7/h1-4,9H,5-6,12H2. The zero-order chi connectivity index (χ0) is 9.68. The summed E-state index contributed by atoms with van der Waals surface area (Å²) in [6.07, 6.45) is 0.477. The van der Waals surface area contributed by atoms with Gasteiger partial charge in [-0.1, -0.05) is 12.1 Å². The van der Waals surface area contributed by atoms with Crippen LogP contribution in [0.2, 0.25) is 0 Å². The maximum absolute atomic E-state index is 11.6. The van der Waals surface area contributed by atoms with Gasteiger partial charge in [0.1, 0.15) is 0 Å². The zero-order valence-electron chi connectivity index (χ0n) is 7.04. The molecule has 0 aliphatic rings. The van der Waals surface area contributed by atoms with Gasteiger partial charge in [-0.15, -0.1) is 0 Å². The summed E-state index contributed by atoms with van der Waals surface area (Å²) in [6.45, 7) is -2.66. The second-order valence-electron chi connectivity index (χ2n) is 2.62. The second-order valence-corrected chi connectivity index (χ2v) is 2.62. The summed E-state index contributed by atoms with van der Waals surface area (Å²) in [7, 11) is 0. The lowest BCUT2D eigenvalue weighted by atomic mass is 10.1. The Labute approximate surface area is 75.3 Å². The monoisotopic (exact) mass is 187 g/mol. The van der Waals surface area contributed by atoms with Crippen molar-refractivity contribution in [1.82, 2.24) is 0 Å². The van der Waals surface area contributed by atoms with Gasteiger partial charge in [-0.2, -0.15) is 8.78 Å². The number of ether oxygens (including phenoxy) is 1. The van der Waals surface area contributed by atoms with Crippen LogP contribution in [-0.2, 0) is 11.2 Å². The van der Waals surface area contributed by atoms with Crippen LogP contribution in [0.15, 0.2) is 24.3 Å². The van der Waals surface area contributed by atoms with Gasteiger partial charge in [-0.3, -0.25) is 0 Å². The lowest BCUT2D eigenvalue weighted by Gasteiger charge is -2.02. The fraction of sp³-hybridized carbons (Fsp3) is 0.333. The van der Waals surface area contributed by atoms with Gasteiger partial charge in [0.25, 0.3) is 0 Å². The van der Waals surface area contributed by atoms with E-state index in [9.17, 15) is 8.78 Å². The average molecular weight is 187 g/mol. The number of nitrogens with two attached hydrogens (primary N) is 1. The fourth-order valence-electron chi connectivity index (χ4n) is 0.950. The average Bonchev–Trinajstić information content (AvgIpc) is 2.08. The third-order valence-corrected chi connectivity index (χ3v) is 1.61. The summed E-state index contributed by atoms with van der Waals surface area (Å²) < 4.78 is 27.2. The van der Waals surface area contributed by atoms with Crippen molar-refractivity contribution in [2.45, 2.75) is 13.0 Å². The summed E-state index contributed by atoms with van der Waals surface area (Å²) >= 11 is 0. The molecule has 1 aromatic carbocycles. The van der Waals surface area contributed by atoms with Gasteiger partial charge in [-0.25, -0.2) is 0 Å². The minimum Gasteiger partial charge on any atom is -0.399 e. The Kier molecular flexibility index (Phi) is 3.64. The lowest BCUT2D eigenvalue weighted by molar-refractivity contribution is -0.127. The quantitative estimate of drug-likeness (QED) is 0.732. The molecule has 1 aromatic rings. The van der Waals surface area contributed by atoms with Gasteiger partial charge in [0.15, 0.2) is 0 Å². The van der Waals surface area contributed by atoms with E-state index in [4.69, 9.17) is 5.73 Å². The molecule has 4 heteroatoms. The number of alkyl halides is 2. The number of anilines is 1. The Balaban J connectivity index is 2.33. The molecule has 0 heterocycles. The number of rotatable bonds is 4. The molecule has 0 aliphatic heterocycles. The Morgan fingerprint density at radius 2 is 1.85 bits per heavy atom. The van der Waals surface area contributed by atoms with E-state index in [0.717, 1.165) is 5.56 Å². The van der Waals surface area contributed by atoms with Crippen molar-refractivity contribution in [3.05, 3.63) is 29.8 Å². The van der Waals surface area contributed by atoms with Crippen LogP contribution < -0.4 is 5.73 Å². The maximum atomic E-state index is 11.6. The largest absolute Gasteiger partial charge is 0.399 e. The van der Waals surface area contributed by atoms with Crippen molar-refractivity contribution in [2.75, 3.05) is 12.3 Å². The zero-order valence-corrected chi connectivity index (χ0v) is 7.04. The van der Waals surface area contributed by atoms with Crippen LogP contribution >= 0.6 is 0 Å². The Hall–Kier alpha value is -1.16. The number of halogens is 2. The molecule has 0 radical (unpaired) electrons. The predicted molar refractivity (Wildman–Crippen MR) is 46.5 cm³/mol. The third-order valence-electron chi connectivity index (χ3n) is 1.61. The molecule has 0 saturated heterocycles. The van der Waals surface area contributed by atoms with Crippen LogP contribution in [0.25, 0.3) is 0 Å². The van der Waals surface area contributed by atoms with Crippen molar-refractivity contribution in [2.24, 2.45) is 0 Å². The molecule has 2 N–H and O–H groups in total. The fourth-order valence-corrected chi connectivity index (χ4v) is 0.950. The minimum atomic E-state index is -2.69. The van der Waals surface area contributed by atoms with Crippen LogP contribution in [0.4, 0.5) is 14.5 Å². The van der Waals surface area contributed by atoms with Crippen molar-refractivity contribution in [1.29, 1.82) is 0 Å². The van der Waals surface area contributed by atoms with Gasteiger partial charge < -0.3 is 10.5 Å². The third kappa shape index (κ3) is 3.85. The van der Waals surface area contributed by atoms with E-state index in [1.165, 1.54) is 0 Å². The SMILES string of the molecule is Nc1ccc(CCOC(F)F)cc1. The Bertz CT molecular complexity index is 248. The number of nitrogen functional groups attached to an aromatic ring is 1. The summed E-state index contributed by atoms with van der Waals surface area (Å²) in [5.41, 5.74) is 7.06. The highest BCUT2D eigenvalue weighted by atomic mass is 19.3. The summed E-state index contributed by atoms with van der Waals surface area (Å²) in [6, 6.07) is 7.06. The topological polar surface area (TPSA) is 35.2 Å². The van der Waals surface area contributed by atoms with Gasteiger partial charge >= 0.3 is 6.61 Å². The molecule has 2 nitrogen and oxygen atoms in total. The molecule has 0 bridgehead atoms. The molecule has 0 fully saturated rings. The van der Waals surface area contributed by atoms with Crippen LogP contribution in [0.1, 0.15) is 5.56 Å². The molecule has 1 rings (SSSR count). The highest BCUT2D eigenvalue weighted by molar-refractivity contribution is 5.39. The Morgan fingerprint density at radius 1 is 1.23 bits per heavy atom.